The van der Waals surface area contributed by atoms with Crippen molar-refractivity contribution in [3.8, 4) is 11.4 Å². The minimum absolute atomic E-state index is 0.175. The lowest BCUT2D eigenvalue weighted by atomic mass is 10.1. The molecule has 0 saturated carbocycles. The van der Waals surface area contributed by atoms with Gasteiger partial charge in [-0.25, -0.2) is 9.78 Å². The molecule has 5 nitrogen and oxygen atoms in total. The molecule has 8 heteroatoms. The standard InChI is InChI=1S/C20H26F3N3O2/c1-12(2)26-11-16(20(21,22)23)25-17(26)15-9-7-14(8-10-15)13(3)24-18(27)28-19(4,5)6/h7-13H,1-6H3,(H,24,27)/t13-/m1/s1. The first-order valence-electron chi connectivity index (χ1n) is 9.04. The number of aromatic nitrogens is 2. The van der Waals surface area contributed by atoms with Crippen molar-refractivity contribution in [2.75, 3.05) is 0 Å². The number of hydrogen-bond acceptors (Lipinski definition) is 3. The smallest absolute Gasteiger partial charge is 0.434 e. The average molecular weight is 397 g/mol. The van der Waals surface area contributed by atoms with Crippen LogP contribution in [0.3, 0.4) is 0 Å². The molecule has 28 heavy (non-hydrogen) atoms. The number of amides is 1. The van der Waals surface area contributed by atoms with E-state index in [1.807, 2.05) is 0 Å². The number of nitrogens with zero attached hydrogens (tertiary/aromatic N) is 2. The monoisotopic (exact) mass is 397 g/mol. The fourth-order valence-corrected chi connectivity index (χ4v) is 2.63. The van der Waals surface area contributed by atoms with Crippen LogP contribution in [0.1, 0.15) is 64.9 Å². The van der Waals surface area contributed by atoms with Crippen molar-refractivity contribution in [1.82, 2.24) is 14.9 Å². The molecular formula is C20H26F3N3O2. The minimum atomic E-state index is -4.50. The predicted molar refractivity (Wildman–Crippen MR) is 101 cm³/mol. The first-order chi connectivity index (χ1) is 12.8. The third kappa shape index (κ3) is 5.50. The molecule has 0 fully saturated rings. The zero-order chi connectivity index (χ0) is 21.3. The van der Waals surface area contributed by atoms with Crippen molar-refractivity contribution < 1.29 is 22.7 Å². The van der Waals surface area contributed by atoms with Crippen molar-refractivity contribution in [3.05, 3.63) is 41.7 Å². The molecule has 0 aliphatic heterocycles. The summed E-state index contributed by atoms with van der Waals surface area (Å²) in [4.78, 5) is 15.7. The highest BCUT2D eigenvalue weighted by Crippen LogP contribution is 2.32. The van der Waals surface area contributed by atoms with Gasteiger partial charge in [-0.15, -0.1) is 0 Å². The van der Waals surface area contributed by atoms with Crippen LogP contribution >= 0.6 is 0 Å². The molecule has 0 spiro atoms. The third-order valence-electron chi connectivity index (χ3n) is 3.98. The molecule has 1 aromatic heterocycles. The maximum Gasteiger partial charge on any atom is 0.434 e. The number of carbonyl (C=O) groups is 1. The number of carbonyl (C=O) groups excluding carboxylic acids is 1. The molecule has 1 N–H and O–H groups in total. The lowest BCUT2D eigenvalue weighted by Crippen LogP contribution is -2.34. The summed E-state index contributed by atoms with van der Waals surface area (Å²) < 4.78 is 45.9. The van der Waals surface area contributed by atoms with Crippen LogP contribution in [0.5, 0.6) is 0 Å². The third-order valence-corrected chi connectivity index (χ3v) is 3.98. The van der Waals surface area contributed by atoms with Crippen molar-refractivity contribution in [2.24, 2.45) is 0 Å². The molecule has 0 bridgehead atoms. The van der Waals surface area contributed by atoms with Gasteiger partial charge in [0.15, 0.2) is 5.69 Å². The van der Waals surface area contributed by atoms with Crippen LogP contribution in [0.2, 0.25) is 0 Å². The fraction of sp³-hybridized carbons (Fsp3) is 0.500. The number of nitrogens with one attached hydrogen (secondary N) is 1. The summed E-state index contributed by atoms with van der Waals surface area (Å²) in [5, 5.41) is 2.73. The SMILES string of the molecule is CC(C)n1cc(C(F)(F)F)nc1-c1ccc([C@@H](C)NC(=O)OC(C)(C)C)cc1. The van der Waals surface area contributed by atoms with Crippen LogP contribution in [0.15, 0.2) is 30.5 Å². The van der Waals surface area contributed by atoms with Gasteiger partial charge in [-0.1, -0.05) is 24.3 Å². The highest BCUT2D eigenvalue weighted by Gasteiger charge is 2.35. The van der Waals surface area contributed by atoms with E-state index in [0.717, 1.165) is 11.8 Å². The lowest BCUT2D eigenvalue weighted by molar-refractivity contribution is -0.140. The van der Waals surface area contributed by atoms with Gasteiger partial charge in [-0.05, 0) is 47.1 Å². The minimum Gasteiger partial charge on any atom is -0.444 e. The number of benzene rings is 1. The van der Waals surface area contributed by atoms with E-state index in [1.54, 1.807) is 65.8 Å². The average Bonchev–Trinajstić information content (AvgIpc) is 2.98. The lowest BCUT2D eigenvalue weighted by Gasteiger charge is -2.22. The second kappa shape index (κ2) is 7.85. The van der Waals surface area contributed by atoms with E-state index >= 15 is 0 Å². The zero-order valence-corrected chi connectivity index (χ0v) is 16.9. The molecule has 1 atom stereocenters. The largest absolute Gasteiger partial charge is 0.444 e. The van der Waals surface area contributed by atoms with Gasteiger partial charge in [0.1, 0.15) is 11.4 Å². The fourth-order valence-electron chi connectivity index (χ4n) is 2.63. The Morgan fingerprint density at radius 1 is 1.11 bits per heavy atom. The van der Waals surface area contributed by atoms with E-state index in [0.29, 0.717) is 5.56 Å². The number of rotatable bonds is 4. The number of ether oxygens (including phenoxy) is 1. The first kappa shape index (κ1) is 21.8. The Labute approximate surface area is 162 Å². The maximum absolute atomic E-state index is 13.0. The van der Waals surface area contributed by atoms with Gasteiger partial charge in [0, 0.05) is 17.8 Å². The summed E-state index contributed by atoms with van der Waals surface area (Å²) in [7, 11) is 0. The Morgan fingerprint density at radius 3 is 2.14 bits per heavy atom. The van der Waals surface area contributed by atoms with E-state index in [1.165, 1.54) is 4.57 Å². The number of imidazole rings is 1. The van der Waals surface area contributed by atoms with Crippen LogP contribution in [-0.4, -0.2) is 21.2 Å². The van der Waals surface area contributed by atoms with Gasteiger partial charge in [0.2, 0.25) is 0 Å². The quantitative estimate of drug-likeness (QED) is 0.716. The van der Waals surface area contributed by atoms with E-state index in [-0.39, 0.29) is 17.9 Å². The van der Waals surface area contributed by atoms with Crippen LogP contribution in [0, 0.1) is 0 Å². The van der Waals surface area contributed by atoms with E-state index < -0.39 is 23.6 Å². The molecule has 2 rings (SSSR count). The second-order valence-electron chi connectivity index (χ2n) is 7.94. The summed E-state index contributed by atoms with van der Waals surface area (Å²) >= 11 is 0. The number of alkyl carbamates (subject to hydrolysis) is 1. The molecule has 2 aromatic rings. The summed E-state index contributed by atoms with van der Waals surface area (Å²) in [6.45, 7) is 10.7. The van der Waals surface area contributed by atoms with Crippen molar-refractivity contribution in [2.45, 2.75) is 65.4 Å². The molecule has 1 aromatic carbocycles. The molecule has 154 valence electrons. The van der Waals surface area contributed by atoms with Gasteiger partial charge in [-0.3, -0.25) is 0 Å². The van der Waals surface area contributed by atoms with Crippen LogP contribution in [0.25, 0.3) is 11.4 Å². The van der Waals surface area contributed by atoms with Gasteiger partial charge in [0.25, 0.3) is 0 Å². The van der Waals surface area contributed by atoms with Gasteiger partial charge in [-0.2, -0.15) is 13.2 Å². The van der Waals surface area contributed by atoms with Crippen LogP contribution < -0.4 is 5.32 Å². The van der Waals surface area contributed by atoms with Gasteiger partial charge in [0.05, 0.1) is 6.04 Å². The van der Waals surface area contributed by atoms with Gasteiger partial charge >= 0.3 is 12.3 Å². The Bertz CT molecular complexity index is 819. The predicted octanol–water partition coefficient (Wildman–Crippen LogP) is 5.74. The summed E-state index contributed by atoms with van der Waals surface area (Å²) in [5.41, 5.74) is -0.149. The van der Waals surface area contributed by atoms with E-state index in [2.05, 4.69) is 10.3 Å². The highest BCUT2D eigenvalue weighted by molar-refractivity contribution is 5.68. The molecular weight excluding hydrogens is 371 g/mol. The van der Waals surface area contributed by atoms with Crippen LogP contribution in [-0.2, 0) is 10.9 Å². The number of hydrogen-bond donors (Lipinski definition) is 1. The number of halogens is 3. The molecule has 0 saturated heterocycles. The van der Waals surface area contributed by atoms with E-state index in [9.17, 15) is 18.0 Å². The van der Waals surface area contributed by atoms with Crippen molar-refractivity contribution in [1.29, 1.82) is 0 Å². The van der Waals surface area contributed by atoms with Crippen LogP contribution in [0.4, 0.5) is 18.0 Å². The summed E-state index contributed by atoms with van der Waals surface area (Å²) in [5.74, 6) is 0.252. The van der Waals surface area contributed by atoms with E-state index in [4.69, 9.17) is 4.74 Å². The highest BCUT2D eigenvalue weighted by atomic mass is 19.4. The second-order valence-corrected chi connectivity index (χ2v) is 7.94. The van der Waals surface area contributed by atoms with Gasteiger partial charge < -0.3 is 14.6 Å². The number of alkyl halides is 3. The first-order valence-corrected chi connectivity index (χ1v) is 9.04. The molecule has 0 aliphatic rings. The summed E-state index contributed by atoms with van der Waals surface area (Å²) in [6.07, 6.45) is -4.00. The van der Waals surface area contributed by atoms with Crippen molar-refractivity contribution >= 4 is 6.09 Å². The normalized spacial score (nSPS) is 13.5. The molecule has 0 unspecified atom stereocenters. The molecule has 1 amide bonds. The molecule has 0 aliphatic carbocycles. The Hall–Kier alpha value is -2.51. The maximum atomic E-state index is 13.0. The summed E-state index contributed by atoms with van der Waals surface area (Å²) in [6, 6.07) is 6.41. The van der Waals surface area contributed by atoms with Crippen molar-refractivity contribution in [3.63, 3.8) is 0 Å². The Kier molecular flexibility index (Phi) is 6.11. The Balaban J connectivity index is 2.23. The Morgan fingerprint density at radius 2 is 1.68 bits per heavy atom. The topological polar surface area (TPSA) is 56.2 Å². The molecule has 1 heterocycles. The zero-order valence-electron chi connectivity index (χ0n) is 16.9. The molecule has 0 radical (unpaired) electrons.